The lowest BCUT2D eigenvalue weighted by molar-refractivity contribution is -0.159. The minimum atomic E-state index is -4.70. The first kappa shape index (κ1) is 17.0. The van der Waals surface area contributed by atoms with E-state index >= 15 is 0 Å². The Labute approximate surface area is 133 Å². The monoisotopic (exact) mass is 349 g/mol. The number of pyridine rings is 1. The van der Waals surface area contributed by atoms with E-state index in [0.717, 1.165) is 0 Å². The lowest BCUT2D eigenvalue weighted by atomic mass is 10.2. The van der Waals surface area contributed by atoms with Crippen molar-refractivity contribution >= 4 is 17.6 Å². The molecule has 0 atom stereocenters. The number of nitrogens with zero attached hydrogens (tertiary/aromatic N) is 3. The van der Waals surface area contributed by atoms with Crippen LogP contribution in [0.25, 0.3) is 11.4 Å². The molecular weight excluding hydrogens is 339 g/mol. The summed E-state index contributed by atoms with van der Waals surface area (Å²) in [6.45, 7) is 0.480. The predicted octanol–water partition coefficient (Wildman–Crippen LogP) is 2.19. The number of hydrogen-bond acceptors (Lipinski definition) is 5. The van der Waals surface area contributed by atoms with Crippen LogP contribution >= 0.6 is 11.6 Å². The van der Waals surface area contributed by atoms with Crippen LogP contribution in [0.1, 0.15) is 11.6 Å². The van der Waals surface area contributed by atoms with E-state index in [1.165, 1.54) is 18.3 Å². The van der Waals surface area contributed by atoms with Gasteiger partial charge in [0, 0.05) is 24.2 Å². The molecule has 124 valence electrons. The maximum absolute atomic E-state index is 12.4. The molecule has 0 fully saturated rings. The molecule has 0 unspecified atom stereocenters. The molecule has 11 heteroatoms. The van der Waals surface area contributed by atoms with Gasteiger partial charge in [0.05, 0.1) is 12.2 Å². The van der Waals surface area contributed by atoms with Crippen molar-refractivity contribution in [3.8, 4) is 11.4 Å². The van der Waals surface area contributed by atoms with Crippen molar-refractivity contribution in [2.75, 3.05) is 12.4 Å². The minimum Gasteiger partial charge on any atom is -0.337 e. The molecule has 0 saturated heterocycles. The molecule has 7 nitrogen and oxygen atoms in total. The molecule has 0 spiro atoms. The first-order valence-corrected chi connectivity index (χ1v) is 6.87. The third-order valence-corrected chi connectivity index (χ3v) is 2.75. The topological polar surface area (TPSA) is 92.9 Å². The van der Waals surface area contributed by atoms with Crippen LogP contribution < -0.4 is 10.6 Å². The Morgan fingerprint density at radius 1 is 1.30 bits per heavy atom. The normalized spacial score (nSPS) is 11.3. The Kier molecular flexibility index (Phi) is 5.37. The van der Waals surface area contributed by atoms with Gasteiger partial charge in [0.2, 0.25) is 5.82 Å². The summed E-state index contributed by atoms with van der Waals surface area (Å²) < 4.78 is 41.3. The molecule has 0 saturated carbocycles. The van der Waals surface area contributed by atoms with Crippen molar-refractivity contribution in [1.82, 2.24) is 25.8 Å². The van der Waals surface area contributed by atoms with Crippen molar-refractivity contribution in [3.63, 3.8) is 0 Å². The highest BCUT2D eigenvalue weighted by Gasteiger charge is 2.38. The van der Waals surface area contributed by atoms with Gasteiger partial charge in [0.25, 0.3) is 0 Å². The van der Waals surface area contributed by atoms with Crippen molar-refractivity contribution in [1.29, 1.82) is 0 Å². The van der Waals surface area contributed by atoms with Gasteiger partial charge in [0.1, 0.15) is 0 Å². The van der Waals surface area contributed by atoms with Gasteiger partial charge in [-0.3, -0.25) is 4.98 Å². The SMILES string of the molecule is O=C(NCCCl)NCc1ccc(-c2noc(C(F)(F)F)n2)cn1. The second-order valence-corrected chi connectivity index (χ2v) is 4.64. The van der Waals surface area contributed by atoms with E-state index in [-0.39, 0.29) is 17.9 Å². The fourth-order valence-corrected chi connectivity index (χ4v) is 1.61. The fraction of sp³-hybridized carbons (Fsp3) is 0.333. The number of hydrogen-bond donors (Lipinski definition) is 2. The van der Waals surface area contributed by atoms with Crippen molar-refractivity contribution in [3.05, 3.63) is 29.9 Å². The lowest BCUT2D eigenvalue weighted by Crippen LogP contribution is -2.36. The number of nitrogens with one attached hydrogen (secondary N) is 2. The third kappa shape index (κ3) is 4.81. The zero-order chi connectivity index (χ0) is 16.9. The number of rotatable bonds is 5. The van der Waals surface area contributed by atoms with Crippen LogP contribution in [-0.4, -0.2) is 33.6 Å². The van der Waals surface area contributed by atoms with Crippen LogP contribution in [0.4, 0.5) is 18.0 Å². The number of urea groups is 1. The standard InChI is InChI=1S/C12H11ClF3N5O2/c13-3-4-17-11(22)19-6-8-2-1-7(5-18-8)9-20-10(23-21-9)12(14,15)16/h1-2,5H,3-4,6H2,(H2,17,19,22). The van der Waals surface area contributed by atoms with Gasteiger partial charge in [-0.1, -0.05) is 5.16 Å². The van der Waals surface area contributed by atoms with Crippen molar-refractivity contribution in [2.24, 2.45) is 0 Å². The van der Waals surface area contributed by atoms with Gasteiger partial charge in [-0.25, -0.2) is 4.79 Å². The van der Waals surface area contributed by atoms with E-state index in [1.54, 1.807) is 0 Å². The first-order chi connectivity index (χ1) is 10.9. The molecule has 2 heterocycles. The van der Waals surface area contributed by atoms with Crippen molar-refractivity contribution in [2.45, 2.75) is 12.7 Å². The quantitative estimate of drug-likeness (QED) is 0.807. The maximum Gasteiger partial charge on any atom is 0.471 e. The van der Waals surface area contributed by atoms with E-state index < -0.39 is 18.1 Å². The molecule has 2 aromatic heterocycles. The summed E-state index contributed by atoms with van der Waals surface area (Å²) in [4.78, 5) is 18.6. The van der Waals surface area contributed by atoms with Gasteiger partial charge < -0.3 is 15.2 Å². The Balaban J connectivity index is 1.97. The molecule has 0 aromatic carbocycles. The van der Waals surface area contributed by atoms with Crippen LogP contribution in [0.5, 0.6) is 0 Å². The first-order valence-electron chi connectivity index (χ1n) is 6.34. The molecular formula is C12H11ClF3N5O2. The molecule has 2 amide bonds. The average molecular weight is 350 g/mol. The number of alkyl halides is 4. The van der Waals surface area contributed by atoms with Gasteiger partial charge in [-0.05, 0) is 12.1 Å². The van der Waals surface area contributed by atoms with E-state index in [4.69, 9.17) is 11.6 Å². The van der Waals surface area contributed by atoms with Crippen LogP contribution in [-0.2, 0) is 12.7 Å². The smallest absolute Gasteiger partial charge is 0.337 e. The highest BCUT2D eigenvalue weighted by molar-refractivity contribution is 6.18. The molecule has 0 bridgehead atoms. The van der Waals surface area contributed by atoms with Crippen LogP contribution in [0.15, 0.2) is 22.9 Å². The summed E-state index contributed by atoms with van der Waals surface area (Å²) >= 11 is 5.42. The third-order valence-electron chi connectivity index (χ3n) is 2.56. The van der Waals surface area contributed by atoms with Gasteiger partial charge in [-0.15, -0.1) is 11.6 Å². The highest BCUT2D eigenvalue weighted by Crippen LogP contribution is 2.29. The Hall–Kier alpha value is -2.36. The largest absolute Gasteiger partial charge is 0.471 e. The highest BCUT2D eigenvalue weighted by atomic mass is 35.5. The second kappa shape index (κ2) is 7.27. The summed E-state index contributed by atoms with van der Waals surface area (Å²) in [5, 5.41) is 8.31. The maximum atomic E-state index is 12.4. The molecule has 0 aliphatic carbocycles. The molecule has 0 radical (unpaired) electrons. The molecule has 0 aliphatic heterocycles. The second-order valence-electron chi connectivity index (χ2n) is 4.26. The summed E-state index contributed by atoms with van der Waals surface area (Å²) in [6, 6.07) is 2.61. The zero-order valence-electron chi connectivity index (χ0n) is 11.5. The minimum absolute atomic E-state index is 0.147. The van der Waals surface area contributed by atoms with Gasteiger partial charge in [-0.2, -0.15) is 18.2 Å². The Bertz CT molecular complexity index is 659. The molecule has 2 rings (SSSR count). The van der Waals surface area contributed by atoms with Crippen LogP contribution in [0.2, 0.25) is 0 Å². The Morgan fingerprint density at radius 3 is 2.65 bits per heavy atom. The molecule has 2 N–H and O–H groups in total. The summed E-state index contributed by atoms with van der Waals surface area (Å²) in [6.07, 6.45) is -3.41. The number of aromatic nitrogens is 3. The van der Waals surface area contributed by atoms with E-state index in [9.17, 15) is 18.0 Å². The predicted molar refractivity (Wildman–Crippen MR) is 73.5 cm³/mol. The number of halogens is 4. The van der Waals surface area contributed by atoms with Gasteiger partial charge in [0.15, 0.2) is 0 Å². The number of carbonyl (C=O) groups excluding carboxylic acids is 1. The Morgan fingerprint density at radius 2 is 2.09 bits per heavy atom. The molecule has 23 heavy (non-hydrogen) atoms. The summed E-state index contributed by atoms with van der Waals surface area (Å²) in [5.74, 6) is -1.34. The van der Waals surface area contributed by atoms with E-state index in [2.05, 4.69) is 30.3 Å². The number of amides is 2. The van der Waals surface area contributed by atoms with E-state index in [1.807, 2.05) is 0 Å². The zero-order valence-corrected chi connectivity index (χ0v) is 12.3. The number of carbonyl (C=O) groups is 1. The summed E-state index contributed by atoms with van der Waals surface area (Å²) in [5.41, 5.74) is 0.772. The van der Waals surface area contributed by atoms with Crippen LogP contribution in [0, 0.1) is 0 Å². The molecule has 0 aliphatic rings. The van der Waals surface area contributed by atoms with Crippen LogP contribution in [0.3, 0.4) is 0 Å². The van der Waals surface area contributed by atoms with Crippen molar-refractivity contribution < 1.29 is 22.5 Å². The van der Waals surface area contributed by atoms with E-state index in [0.29, 0.717) is 18.1 Å². The summed E-state index contributed by atoms with van der Waals surface area (Å²) in [7, 11) is 0. The van der Waals surface area contributed by atoms with Gasteiger partial charge >= 0.3 is 18.1 Å². The fourth-order valence-electron chi connectivity index (χ4n) is 1.51. The lowest BCUT2D eigenvalue weighted by Gasteiger charge is -2.06. The molecule has 2 aromatic rings. The average Bonchev–Trinajstić information content (AvgIpc) is 3.01.